The monoisotopic (exact) mass is 331 g/mol. The molecule has 4 rings (SSSR count). The number of aromatic nitrogens is 2. The van der Waals surface area contributed by atoms with Gasteiger partial charge in [0.1, 0.15) is 5.82 Å². The summed E-state index contributed by atoms with van der Waals surface area (Å²) in [7, 11) is -3.64. The van der Waals surface area contributed by atoms with Crippen LogP contribution in [0.2, 0.25) is 0 Å². The number of hydrogen-bond donors (Lipinski definition) is 1. The van der Waals surface area contributed by atoms with Gasteiger partial charge in [-0.3, -0.25) is 4.72 Å². The molecular formula is C15H13N3O2S2. The Kier molecular flexibility index (Phi) is 3.12. The summed E-state index contributed by atoms with van der Waals surface area (Å²) < 4.78 is 31.7. The second-order valence-corrected chi connectivity index (χ2v) is 7.78. The Morgan fingerprint density at radius 3 is 2.64 bits per heavy atom. The molecule has 2 aromatic carbocycles. The number of sulfonamides is 1. The fourth-order valence-corrected chi connectivity index (χ4v) is 4.20. The molecule has 1 saturated carbocycles. The molecule has 7 heteroatoms. The van der Waals surface area contributed by atoms with E-state index in [9.17, 15) is 8.42 Å². The zero-order valence-corrected chi connectivity index (χ0v) is 13.2. The average Bonchev–Trinajstić information content (AvgIpc) is 3.27. The van der Waals surface area contributed by atoms with E-state index in [0.717, 1.165) is 41.0 Å². The molecule has 0 spiro atoms. The third kappa shape index (κ3) is 2.57. The van der Waals surface area contributed by atoms with Gasteiger partial charge in [0.25, 0.3) is 10.0 Å². The molecule has 5 nitrogen and oxygen atoms in total. The number of nitrogens with zero attached hydrogens (tertiary/aromatic N) is 2. The first-order valence-electron chi connectivity index (χ1n) is 6.97. The minimum absolute atomic E-state index is 0.231. The predicted octanol–water partition coefficient (Wildman–Crippen LogP) is 3.37. The van der Waals surface area contributed by atoms with Gasteiger partial charge in [-0.2, -0.15) is 4.37 Å². The van der Waals surface area contributed by atoms with Crippen LogP contribution in [0.1, 0.15) is 24.6 Å². The van der Waals surface area contributed by atoms with Crippen molar-refractivity contribution in [2.24, 2.45) is 0 Å². The van der Waals surface area contributed by atoms with Crippen LogP contribution in [0.3, 0.4) is 0 Å². The zero-order valence-electron chi connectivity index (χ0n) is 11.6. The molecule has 0 bridgehead atoms. The van der Waals surface area contributed by atoms with Crippen LogP contribution in [-0.4, -0.2) is 17.8 Å². The smallest absolute Gasteiger partial charge is 0.253 e. The van der Waals surface area contributed by atoms with Crippen molar-refractivity contribution >= 4 is 37.5 Å². The Bertz CT molecular complexity index is 946. The van der Waals surface area contributed by atoms with Gasteiger partial charge in [0.05, 0.1) is 4.90 Å². The van der Waals surface area contributed by atoms with E-state index in [1.807, 2.05) is 24.3 Å². The number of nitrogens with one attached hydrogen (secondary N) is 1. The van der Waals surface area contributed by atoms with E-state index in [1.165, 1.54) is 0 Å². The van der Waals surface area contributed by atoms with Gasteiger partial charge in [-0.25, -0.2) is 13.4 Å². The number of fused-ring (bicyclic) bond motifs is 1. The molecule has 1 aliphatic carbocycles. The normalized spacial score (nSPS) is 15.1. The Morgan fingerprint density at radius 2 is 1.86 bits per heavy atom. The lowest BCUT2D eigenvalue weighted by molar-refractivity contribution is 0.601. The van der Waals surface area contributed by atoms with Crippen LogP contribution in [0.5, 0.6) is 0 Å². The Balaban J connectivity index is 1.65. The van der Waals surface area contributed by atoms with Crippen LogP contribution < -0.4 is 4.72 Å². The lowest BCUT2D eigenvalue weighted by Crippen LogP contribution is -2.12. The molecule has 112 valence electrons. The molecule has 1 heterocycles. The molecule has 1 aliphatic rings. The highest BCUT2D eigenvalue weighted by Crippen LogP contribution is 2.39. The maximum absolute atomic E-state index is 12.5. The molecule has 0 saturated heterocycles. The third-order valence-electron chi connectivity index (χ3n) is 3.64. The molecule has 22 heavy (non-hydrogen) atoms. The molecule has 0 amide bonds. The van der Waals surface area contributed by atoms with Crippen molar-refractivity contribution in [3.8, 4) is 0 Å². The summed E-state index contributed by atoms with van der Waals surface area (Å²) in [5.74, 6) is 1.16. The molecule has 0 unspecified atom stereocenters. The Morgan fingerprint density at radius 1 is 1.09 bits per heavy atom. The predicted molar refractivity (Wildman–Crippen MR) is 86.6 cm³/mol. The Labute approximate surface area is 132 Å². The van der Waals surface area contributed by atoms with E-state index in [4.69, 9.17) is 0 Å². The number of anilines is 1. The van der Waals surface area contributed by atoms with Crippen LogP contribution in [0.4, 0.5) is 5.13 Å². The fraction of sp³-hybridized carbons (Fsp3) is 0.200. The molecule has 1 fully saturated rings. The quantitative estimate of drug-likeness (QED) is 0.795. The van der Waals surface area contributed by atoms with Crippen molar-refractivity contribution in [3.05, 3.63) is 48.3 Å². The second-order valence-electron chi connectivity index (χ2n) is 5.35. The van der Waals surface area contributed by atoms with E-state index in [0.29, 0.717) is 11.0 Å². The maximum Gasteiger partial charge on any atom is 0.263 e. The van der Waals surface area contributed by atoms with Gasteiger partial charge in [-0.15, -0.1) is 0 Å². The molecule has 0 aliphatic heterocycles. The van der Waals surface area contributed by atoms with Crippen molar-refractivity contribution in [2.45, 2.75) is 23.7 Å². The highest BCUT2D eigenvalue weighted by Gasteiger charge is 2.28. The molecule has 3 aromatic rings. The van der Waals surface area contributed by atoms with Crippen LogP contribution >= 0.6 is 11.5 Å². The molecule has 0 atom stereocenters. The van der Waals surface area contributed by atoms with E-state index in [1.54, 1.807) is 18.2 Å². The minimum Gasteiger partial charge on any atom is -0.253 e. The minimum atomic E-state index is -3.64. The molecular weight excluding hydrogens is 318 g/mol. The van der Waals surface area contributed by atoms with Gasteiger partial charge in [-0.05, 0) is 35.7 Å². The highest BCUT2D eigenvalue weighted by atomic mass is 32.2. The van der Waals surface area contributed by atoms with Crippen molar-refractivity contribution in [3.63, 3.8) is 0 Å². The van der Waals surface area contributed by atoms with Crippen molar-refractivity contribution in [1.29, 1.82) is 0 Å². The van der Waals surface area contributed by atoms with Gasteiger partial charge in [0.2, 0.25) is 5.13 Å². The molecule has 1 aromatic heterocycles. The summed E-state index contributed by atoms with van der Waals surface area (Å²) in [5, 5.41) is 2.23. The molecule has 0 radical (unpaired) electrons. The van der Waals surface area contributed by atoms with Crippen LogP contribution in [0.15, 0.2) is 47.4 Å². The maximum atomic E-state index is 12.5. The summed E-state index contributed by atoms with van der Waals surface area (Å²) >= 11 is 1.09. The highest BCUT2D eigenvalue weighted by molar-refractivity contribution is 7.93. The summed E-state index contributed by atoms with van der Waals surface area (Å²) in [6.45, 7) is 0. The zero-order chi connectivity index (χ0) is 15.2. The second kappa shape index (κ2) is 5.03. The van der Waals surface area contributed by atoms with Gasteiger partial charge in [-0.1, -0.05) is 30.3 Å². The van der Waals surface area contributed by atoms with Crippen LogP contribution in [-0.2, 0) is 10.0 Å². The standard InChI is InChI=1S/C15H13N3O2S2/c19-22(20,18-15-16-14(17-21-15)11-5-6-11)13-8-7-10-3-1-2-4-12(10)9-13/h1-4,7-9,11H,5-6H2,(H,16,17,18). The number of benzene rings is 2. The first-order chi connectivity index (χ1) is 10.6. The summed E-state index contributed by atoms with van der Waals surface area (Å²) in [6, 6.07) is 12.7. The van der Waals surface area contributed by atoms with E-state index >= 15 is 0 Å². The van der Waals surface area contributed by atoms with E-state index in [-0.39, 0.29) is 4.90 Å². The van der Waals surface area contributed by atoms with Crippen molar-refractivity contribution in [2.75, 3.05) is 4.72 Å². The van der Waals surface area contributed by atoms with Crippen LogP contribution in [0, 0.1) is 0 Å². The van der Waals surface area contributed by atoms with Gasteiger partial charge >= 0.3 is 0 Å². The molecule has 1 N–H and O–H groups in total. The Hall–Kier alpha value is -1.99. The lowest BCUT2D eigenvalue weighted by Gasteiger charge is -2.06. The van der Waals surface area contributed by atoms with Crippen LogP contribution in [0.25, 0.3) is 10.8 Å². The van der Waals surface area contributed by atoms with Crippen molar-refractivity contribution < 1.29 is 8.42 Å². The lowest BCUT2D eigenvalue weighted by atomic mass is 10.1. The van der Waals surface area contributed by atoms with Gasteiger partial charge < -0.3 is 0 Å². The van der Waals surface area contributed by atoms with Crippen molar-refractivity contribution in [1.82, 2.24) is 9.36 Å². The van der Waals surface area contributed by atoms with E-state index < -0.39 is 10.0 Å². The number of hydrogen-bond acceptors (Lipinski definition) is 5. The van der Waals surface area contributed by atoms with Gasteiger partial charge in [0, 0.05) is 17.5 Å². The first-order valence-corrected chi connectivity index (χ1v) is 9.23. The summed E-state index contributed by atoms with van der Waals surface area (Å²) in [4.78, 5) is 4.49. The van der Waals surface area contributed by atoms with E-state index in [2.05, 4.69) is 14.1 Å². The first kappa shape index (κ1) is 13.7. The number of rotatable bonds is 4. The largest absolute Gasteiger partial charge is 0.263 e. The topological polar surface area (TPSA) is 72.0 Å². The SMILES string of the molecule is O=S(=O)(Nc1nc(C2CC2)ns1)c1ccc2ccccc2c1. The van der Waals surface area contributed by atoms with Gasteiger partial charge in [0.15, 0.2) is 0 Å². The third-order valence-corrected chi connectivity index (χ3v) is 5.75. The summed E-state index contributed by atoms with van der Waals surface area (Å²) in [5.41, 5.74) is 0. The fourth-order valence-electron chi connectivity index (χ4n) is 2.29. The average molecular weight is 331 g/mol. The summed E-state index contributed by atoms with van der Waals surface area (Å²) in [6.07, 6.45) is 2.18.